The highest BCUT2D eigenvalue weighted by Gasteiger charge is 2.47. The zero-order chi connectivity index (χ0) is 43.8. The van der Waals surface area contributed by atoms with Crippen LogP contribution in [0.5, 0.6) is 0 Å². The summed E-state index contributed by atoms with van der Waals surface area (Å²) in [7, 11) is -2.38. The topological polar surface area (TPSA) is 66.4 Å². The highest BCUT2D eigenvalue weighted by atomic mass is 28.4. The minimum atomic E-state index is -2.38. The number of hydrogen-bond acceptors (Lipinski definition) is 6. The lowest BCUT2D eigenvalue weighted by Crippen LogP contribution is -2.55. The Hall–Kier alpha value is -4.70. The van der Waals surface area contributed by atoms with E-state index in [4.69, 9.17) is 23.4 Å². The van der Waals surface area contributed by atoms with E-state index in [0.29, 0.717) is 23.2 Å². The molecule has 6 nitrogen and oxygen atoms in total. The largest absolute Gasteiger partial charge is 0.413 e. The van der Waals surface area contributed by atoms with E-state index in [2.05, 4.69) is 102 Å². The minimum Gasteiger partial charge on any atom is -0.413 e. The quantitative estimate of drug-likeness (QED) is 0.0483. The fraction of sp³-hybridized carbons (Fsp3) is 0.345. The Morgan fingerprint density at radius 2 is 0.742 bits per heavy atom. The van der Waals surface area contributed by atoms with E-state index >= 15 is 0 Å². The van der Waals surface area contributed by atoms with Crippen molar-refractivity contribution >= 4 is 8.32 Å². The standard InChI is InChI=1S/C55H66O6Si/c1-42(2)62(43(3)4,44(5)6)61-41-52(57-37-45-25-13-7-14-26-45)54(59-39-47-29-17-9-18-30-47)53(58-38-46-27-15-8-16-28-46)51(56)40-60-55(48-31-19-10-20-32-48,49-33-21-11-22-34-49)50-35-23-12-24-36-50/h7-36,42-44,51-54,56H,37-41H2,1-6H3/t51?,52-,53+,54-/m1/s1. The van der Waals surface area contributed by atoms with E-state index in [9.17, 15) is 5.11 Å². The molecule has 4 atom stereocenters. The maximum absolute atomic E-state index is 12.9. The zero-order valence-corrected chi connectivity index (χ0v) is 38.4. The van der Waals surface area contributed by atoms with Crippen LogP contribution in [0.2, 0.25) is 16.6 Å². The monoisotopic (exact) mass is 850 g/mol. The summed E-state index contributed by atoms with van der Waals surface area (Å²) in [4.78, 5) is 0. The summed E-state index contributed by atoms with van der Waals surface area (Å²) in [5, 5.41) is 12.9. The van der Waals surface area contributed by atoms with Crippen LogP contribution in [0.3, 0.4) is 0 Å². The van der Waals surface area contributed by atoms with E-state index in [1.54, 1.807) is 0 Å². The van der Waals surface area contributed by atoms with Gasteiger partial charge in [0.15, 0.2) is 8.32 Å². The molecule has 62 heavy (non-hydrogen) atoms. The average Bonchev–Trinajstić information content (AvgIpc) is 3.30. The molecule has 7 heteroatoms. The van der Waals surface area contributed by atoms with Crippen molar-refractivity contribution in [2.45, 2.75) is 108 Å². The van der Waals surface area contributed by atoms with Gasteiger partial charge >= 0.3 is 0 Å². The molecule has 6 aromatic carbocycles. The Labute approximate surface area is 372 Å². The van der Waals surface area contributed by atoms with Crippen LogP contribution in [0.4, 0.5) is 0 Å². The molecule has 0 aliphatic rings. The number of hydrogen-bond donors (Lipinski definition) is 1. The summed E-state index contributed by atoms with van der Waals surface area (Å²) >= 11 is 0. The Bertz CT molecular complexity index is 2000. The van der Waals surface area contributed by atoms with Crippen molar-refractivity contribution in [3.8, 4) is 0 Å². The molecule has 1 N–H and O–H groups in total. The SMILES string of the molecule is CC(C)[Si](OC[C@@H](OCc1ccccc1)[C@@H](OCc1ccccc1)[C@@H](OCc1ccccc1)C(O)COC(c1ccccc1)(c1ccccc1)c1ccccc1)(C(C)C)C(C)C. The van der Waals surface area contributed by atoms with Crippen LogP contribution in [-0.2, 0) is 48.8 Å². The number of benzene rings is 6. The molecule has 0 aliphatic carbocycles. The summed E-state index contributed by atoms with van der Waals surface area (Å²) in [5.74, 6) is 0. The first kappa shape index (κ1) is 46.8. The first-order chi connectivity index (χ1) is 30.1. The van der Waals surface area contributed by atoms with Crippen LogP contribution >= 0.6 is 0 Å². The summed E-state index contributed by atoms with van der Waals surface area (Å²) in [6.45, 7) is 14.8. The third-order valence-electron chi connectivity index (χ3n) is 12.2. The van der Waals surface area contributed by atoms with E-state index < -0.39 is 38.3 Å². The van der Waals surface area contributed by atoms with Gasteiger partial charge < -0.3 is 28.5 Å². The van der Waals surface area contributed by atoms with Crippen molar-refractivity contribution in [3.63, 3.8) is 0 Å². The maximum atomic E-state index is 12.9. The van der Waals surface area contributed by atoms with Crippen LogP contribution in [0.1, 0.15) is 74.9 Å². The van der Waals surface area contributed by atoms with Crippen molar-refractivity contribution in [2.24, 2.45) is 0 Å². The highest BCUT2D eigenvalue weighted by molar-refractivity contribution is 6.77. The smallest absolute Gasteiger partial charge is 0.200 e. The van der Waals surface area contributed by atoms with Crippen molar-refractivity contribution in [2.75, 3.05) is 13.2 Å². The average molecular weight is 851 g/mol. The number of aliphatic hydroxyl groups is 1. The van der Waals surface area contributed by atoms with Crippen molar-refractivity contribution in [3.05, 3.63) is 215 Å². The van der Waals surface area contributed by atoms with E-state index in [-0.39, 0.29) is 26.4 Å². The van der Waals surface area contributed by atoms with E-state index in [1.165, 1.54) is 0 Å². The number of aliphatic hydroxyl groups excluding tert-OH is 1. The predicted octanol–water partition coefficient (Wildman–Crippen LogP) is 12.3. The molecule has 0 radical (unpaired) electrons. The third-order valence-corrected chi connectivity index (χ3v) is 18.2. The molecule has 0 fully saturated rings. The van der Waals surface area contributed by atoms with Gasteiger partial charge in [-0.25, -0.2) is 0 Å². The Morgan fingerprint density at radius 1 is 0.419 bits per heavy atom. The van der Waals surface area contributed by atoms with E-state index in [1.807, 2.05) is 121 Å². The van der Waals surface area contributed by atoms with Gasteiger partial charge in [-0.3, -0.25) is 0 Å². The van der Waals surface area contributed by atoms with Crippen molar-refractivity contribution < 1.29 is 28.5 Å². The second kappa shape index (κ2) is 23.1. The van der Waals surface area contributed by atoms with Gasteiger partial charge in [0.1, 0.15) is 30.0 Å². The lowest BCUT2D eigenvalue weighted by atomic mass is 9.80. The van der Waals surface area contributed by atoms with Gasteiger partial charge in [0, 0.05) is 0 Å². The summed E-state index contributed by atoms with van der Waals surface area (Å²) in [5.41, 5.74) is 5.84. The first-order valence-electron chi connectivity index (χ1n) is 22.2. The molecule has 6 rings (SSSR count). The van der Waals surface area contributed by atoms with Gasteiger partial charge in [-0.15, -0.1) is 0 Å². The molecule has 0 aromatic heterocycles. The Balaban J connectivity index is 1.45. The van der Waals surface area contributed by atoms with Crippen LogP contribution in [0.15, 0.2) is 182 Å². The molecule has 0 saturated carbocycles. The van der Waals surface area contributed by atoms with Crippen LogP contribution in [0.25, 0.3) is 0 Å². The Morgan fingerprint density at radius 3 is 1.10 bits per heavy atom. The second-order valence-electron chi connectivity index (χ2n) is 17.1. The maximum Gasteiger partial charge on any atom is 0.200 e. The minimum absolute atomic E-state index is 0.0851. The van der Waals surface area contributed by atoms with Gasteiger partial charge in [0.2, 0.25) is 0 Å². The lowest BCUT2D eigenvalue weighted by Gasteiger charge is -2.44. The van der Waals surface area contributed by atoms with Gasteiger partial charge in [-0.2, -0.15) is 0 Å². The molecule has 1 unspecified atom stereocenters. The summed E-state index contributed by atoms with van der Waals surface area (Å²) in [6, 6.07) is 61.0. The fourth-order valence-electron chi connectivity index (χ4n) is 9.19. The number of rotatable bonds is 24. The van der Waals surface area contributed by atoms with Gasteiger partial charge in [0.05, 0.1) is 33.0 Å². The number of ether oxygens (including phenoxy) is 4. The molecule has 0 spiro atoms. The molecule has 0 saturated heterocycles. The summed E-state index contributed by atoms with van der Waals surface area (Å²) < 4.78 is 35.6. The molecule has 0 aliphatic heterocycles. The highest BCUT2D eigenvalue weighted by Crippen LogP contribution is 2.43. The van der Waals surface area contributed by atoms with Crippen molar-refractivity contribution in [1.82, 2.24) is 0 Å². The molecular weight excluding hydrogens is 785 g/mol. The molecular formula is C55H66O6Si. The molecule has 6 aromatic rings. The fourth-order valence-corrected chi connectivity index (χ4v) is 14.6. The molecule has 0 bridgehead atoms. The first-order valence-corrected chi connectivity index (χ1v) is 24.4. The summed E-state index contributed by atoms with van der Waals surface area (Å²) in [6.07, 6.45) is -3.48. The molecule has 326 valence electrons. The normalized spacial score (nSPS) is 14.2. The third kappa shape index (κ3) is 11.6. The van der Waals surface area contributed by atoms with Gasteiger partial charge in [-0.1, -0.05) is 224 Å². The van der Waals surface area contributed by atoms with Crippen LogP contribution in [-0.4, -0.2) is 51.1 Å². The lowest BCUT2D eigenvalue weighted by molar-refractivity contribution is -0.196. The van der Waals surface area contributed by atoms with Crippen LogP contribution in [0, 0.1) is 0 Å². The molecule has 0 amide bonds. The van der Waals surface area contributed by atoms with Crippen molar-refractivity contribution in [1.29, 1.82) is 0 Å². The zero-order valence-electron chi connectivity index (χ0n) is 37.4. The van der Waals surface area contributed by atoms with E-state index in [0.717, 1.165) is 33.4 Å². The van der Waals surface area contributed by atoms with Gasteiger partial charge in [-0.05, 0) is 50.0 Å². The predicted molar refractivity (Wildman–Crippen MR) is 253 cm³/mol. The molecule has 0 heterocycles. The second-order valence-corrected chi connectivity index (χ2v) is 22.6. The Kier molecular flexibility index (Phi) is 17.4. The van der Waals surface area contributed by atoms with Crippen LogP contribution < -0.4 is 0 Å². The van der Waals surface area contributed by atoms with Gasteiger partial charge in [0.25, 0.3) is 0 Å².